The summed E-state index contributed by atoms with van der Waals surface area (Å²) in [5.74, 6) is -0.145. The van der Waals surface area contributed by atoms with Crippen LogP contribution in [0.3, 0.4) is 0 Å². The van der Waals surface area contributed by atoms with Gasteiger partial charge in [-0.3, -0.25) is 14.5 Å². The third-order valence-corrected chi connectivity index (χ3v) is 4.97. The largest absolute Gasteiger partial charge is 0.481 e. The summed E-state index contributed by atoms with van der Waals surface area (Å²) in [6.07, 6.45) is 1.69. The van der Waals surface area contributed by atoms with Gasteiger partial charge in [-0.1, -0.05) is 6.07 Å². The van der Waals surface area contributed by atoms with Crippen LogP contribution < -0.4 is 4.74 Å². The maximum absolute atomic E-state index is 12.3. The summed E-state index contributed by atoms with van der Waals surface area (Å²) in [6, 6.07) is 5.15. The van der Waals surface area contributed by atoms with Crippen LogP contribution in [0.4, 0.5) is 4.79 Å². The summed E-state index contributed by atoms with van der Waals surface area (Å²) in [6.45, 7) is 5.49. The summed E-state index contributed by atoms with van der Waals surface area (Å²) in [5.41, 5.74) is 0.780. The van der Waals surface area contributed by atoms with Crippen molar-refractivity contribution >= 4 is 57.5 Å². The number of carbonyl (C=O) groups is 3. The van der Waals surface area contributed by atoms with Crippen molar-refractivity contribution in [2.24, 2.45) is 0 Å². The zero-order valence-electron chi connectivity index (χ0n) is 14.1. The van der Waals surface area contributed by atoms with Gasteiger partial charge in [0.05, 0.1) is 15.1 Å². The van der Waals surface area contributed by atoms with Gasteiger partial charge in [-0.15, -0.1) is 0 Å². The number of hydrogen-bond acceptors (Lipinski definition) is 6. The van der Waals surface area contributed by atoms with E-state index in [1.54, 1.807) is 39.0 Å². The van der Waals surface area contributed by atoms with Crippen LogP contribution in [-0.4, -0.2) is 41.3 Å². The molecule has 1 saturated heterocycles. The molecule has 1 aromatic carbocycles. The Hall–Kier alpha value is -1.55. The van der Waals surface area contributed by atoms with Crippen molar-refractivity contribution in [3.05, 3.63) is 32.2 Å². The van der Waals surface area contributed by atoms with E-state index < -0.39 is 5.97 Å². The molecule has 0 bridgehead atoms. The molecule has 1 aliphatic rings. The van der Waals surface area contributed by atoms with E-state index in [0.717, 1.165) is 20.9 Å². The van der Waals surface area contributed by atoms with Gasteiger partial charge in [-0.05, 0) is 78.9 Å². The second-order valence-corrected chi connectivity index (χ2v) is 7.58. The van der Waals surface area contributed by atoms with Crippen molar-refractivity contribution in [2.75, 3.05) is 13.2 Å². The van der Waals surface area contributed by atoms with Gasteiger partial charge in [0.15, 0.2) is 6.61 Å². The van der Waals surface area contributed by atoms with E-state index in [2.05, 4.69) is 22.6 Å². The first-order valence-corrected chi connectivity index (χ1v) is 9.58. The standard InChI is InChI=1S/C17H18INO5S/c1-4-23-15(20)9-24-13-6-5-11(7-12(13)18)8-14-16(21)19(10(2)3)17(22)25-14/h5-8,10H,4,9H2,1-3H3/b14-8+. The van der Waals surface area contributed by atoms with Gasteiger partial charge in [-0.25, -0.2) is 4.79 Å². The van der Waals surface area contributed by atoms with Crippen molar-refractivity contribution in [3.8, 4) is 5.75 Å². The molecule has 0 unspecified atom stereocenters. The Morgan fingerprint density at radius 3 is 2.64 bits per heavy atom. The first kappa shape index (κ1) is 19.8. The molecular weight excluding hydrogens is 457 g/mol. The molecular formula is C17H18INO5S. The Bertz CT molecular complexity index is 732. The van der Waals surface area contributed by atoms with Gasteiger partial charge in [-0.2, -0.15) is 0 Å². The average Bonchev–Trinajstić information content (AvgIpc) is 2.80. The predicted octanol–water partition coefficient (Wildman–Crippen LogP) is 3.68. The molecule has 0 aliphatic carbocycles. The van der Waals surface area contributed by atoms with Gasteiger partial charge in [0, 0.05) is 6.04 Å². The highest BCUT2D eigenvalue weighted by atomic mass is 127. The van der Waals surface area contributed by atoms with Crippen molar-refractivity contribution < 1.29 is 23.9 Å². The van der Waals surface area contributed by atoms with E-state index in [9.17, 15) is 14.4 Å². The molecule has 0 N–H and O–H groups in total. The minimum atomic E-state index is -0.426. The van der Waals surface area contributed by atoms with E-state index in [1.807, 2.05) is 6.07 Å². The molecule has 2 amide bonds. The van der Waals surface area contributed by atoms with E-state index >= 15 is 0 Å². The zero-order valence-corrected chi connectivity index (χ0v) is 17.0. The van der Waals surface area contributed by atoms with E-state index in [1.165, 1.54) is 4.90 Å². The van der Waals surface area contributed by atoms with Gasteiger partial charge in [0.1, 0.15) is 5.75 Å². The minimum absolute atomic E-state index is 0.156. The quantitative estimate of drug-likeness (QED) is 0.355. The topological polar surface area (TPSA) is 72.9 Å². The second-order valence-electron chi connectivity index (χ2n) is 5.43. The molecule has 0 radical (unpaired) electrons. The third-order valence-electron chi connectivity index (χ3n) is 3.24. The summed E-state index contributed by atoms with van der Waals surface area (Å²) in [7, 11) is 0. The fourth-order valence-corrected chi connectivity index (χ4v) is 3.80. The zero-order chi connectivity index (χ0) is 18.6. The highest BCUT2D eigenvalue weighted by Crippen LogP contribution is 2.34. The highest BCUT2D eigenvalue weighted by Gasteiger charge is 2.36. The van der Waals surface area contributed by atoms with Crippen LogP contribution in [0, 0.1) is 3.57 Å². The lowest BCUT2D eigenvalue weighted by Crippen LogP contribution is -2.34. The Balaban J connectivity index is 2.12. The summed E-state index contributed by atoms with van der Waals surface area (Å²) >= 11 is 3.03. The van der Waals surface area contributed by atoms with Gasteiger partial charge in [0.25, 0.3) is 11.1 Å². The van der Waals surface area contributed by atoms with E-state index in [0.29, 0.717) is 17.3 Å². The number of rotatable bonds is 6. The van der Waals surface area contributed by atoms with Gasteiger partial charge in [0.2, 0.25) is 0 Å². The molecule has 0 atom stereocenters. The molecule has 0 spiro atoms. The number of imide groups is 1. The normalized spacial score (nSPS) is 16.0. The average molecular weight is 475 g/mol. The van der Waals surface area contributed by atoms with E-state index in [-0.39, 0.29) is 23.8 Å². The molecule has 0 saturated carbocycles. The minimum Gasteiger partial charge on any atom is -0.481 e. The van der Waals surface area contributed by atoms with Gasteiger partial charge < -0.3 is 9.47 Å². The lowest BCUT2D eigenvalue weighted by atomic mass is 10.2. The molecule has 1 aromatic rings. The van der Waals surface area contributed by atoms with Crippen LogP contribution in [0.5, 0.6) is 5.75 Å². The summed E-state index contributed by atoms with van der Waals surface area (Å²) in [5, 5.41) is -0.254. The van der Waals surface area contributed by atoms with Crippen molar-refractivity contribution in [1.82, 2.24) is 4.90 Å². The molecule has 25 heavy (non-hydrogen) atoms. The first-order valence-electron chi connectivity index (χ1n) is 7.68. The van der Waals surface area contributed by atoms with Crippen molar-refractivity contribution in [3.63, 3.8) is 0 Å². The highest BCUT2D eigenvalue weighted by molar-refractivity contribution is 14.1. The lowest BCUT2D eigenvalue weighted by molar-refractivity contribution is -0.145. The second kappa shape index (κ2) is 8.70. The number of benzene rings is 1. The van der Waals surface area contributed by atoms with Crippen LogP contribution in [0.25, 0.3) is 6.08 Å². The SMILES string of the molecule is CCOC(=O)COc1ccc(/C=C2/SC(=O)N(C(C)C)C2=O)cc1I. The molecule has 134 valence electrons. The molecule has 6 nitrogen and oxygen atoms in total. The lowest BCUT2D eigenvalue weighted by Gasteiger charge is -2.16. The third kappa shape index (κ3) is 4.97. The number of nitrogens with zero attached hydrogens (tertiary/aromatic N) is 1. The number of halogens is 1. The number of hydrogen-bond donors (Lipinski definition) is 0. The first-order chi connectivity index (χ1) is 11.8. The number of carbonyl (C=O) groups excluding carboxylic acids is 3. The van der Waals surface area contributed by atoms with Crippen LogP contribution in [0.15, 0.2) is 23.1 Å². The van der Waals surface area contributed by atoms with Gasteiger partial charge >= 0.3 is 5.97 Å². The summed E-state index contributed by atoms with van der Waals surface area (Å²) < 4.78 is 11.0. The van der Waals surface area contributed by atoms with Crippen LogP contribution in [0.1, 0.15) is 26.3 Å². The molecule has 0 aromatic heterocycles. The summed E-state index contributed by atoms with van der Waals surface area (Å²) in [4.78, 5) is 37.2. The predicted molar refractivity (Wildman–Crippen MR) is 104 cm³/mol. The Morgan fingerprint density at radius 1 is 1.36 bits per heavy atom. The number of thioether (sulfide) groups is 1. The number of ether oxygens (including phenoxy) is 2. The fraction of sp³-hybridized carbons (Fsp3) is 0.353. The molecule has 1 aliphatic heterocycles. The maximum Gasteiger partial charge on any atom is 0.344 e. The Labute approximate surface area is 164 Å². The number of esters is 1. The molecule has 1 heterocycles. The Kier molecular flexibility index (Phi) is 6.88. The van der Waals surface area contributed by atoms with Crippen molar-refractivity contribution in [2.45, 2.75) is 26.8 Å². The molecule has 2 rings (SSSR count). The monoisotopic (exact) mass is 475 g/mol. The molecule has 1 fully saturated rings. The van der Waals surface area contributed by atoms with Crippen LogP contribution in [-0.2, 0) is 14.3 Å². The fourth-order valence-electron chi connectivity index (χ4n) is 2.14. The maximum atomic E-state index is 12.3. The molecule has 8 heteroatoms. The Morgan fingerprint density at radius 2 is 2.08 bits per heavy atom. The smallest absolute Gasteiger partial charge is 0.344 e. The van der Waals surface area contributed by atoms with Crippen LogP contribution in [0.2, 0.25) is 0 Å². The van der Waals surface area contributed by atoms with Crippen LogP contribution >= 0.6 is 34.4 Å². The number of amides is 2. The van der Waals surface area contributed by atoms with Crippen molar-refractivity contribution in [1.29, 1.82) is 0 Å². The van der Waals surface area contributed by atoms with E-state index in [4.69, 9.17) is 9.47 Å².